The minimum absolute atomic E-state index is 0.469. The molecule has 1 heterocycles. The number of aromatic nitrogens is 2. The minimum atomic E-state index is 0.469. The van der Waals surface area contributed by atoms with E-state index in [1.54, 1.807) is 6.20 Å². The third-order valence-electron chi connectivity index (χ3n) is 4.37. The van der Waals surface area contributed by atoms with Gasteiger partial charge in [-0.05, 0) is 42.9 Å². The van der Waals surface area contributed by atoms with Crippen molar-refractivity contribution in [3.05, 3.63) is 42.1 Å². The third kappa shape index (κ3) is 3.71. The molecule has 2 aromatic rings. The summed E-state index contributed by atoms with van der Waals surface area (Å²) in [6.45, 7) is 0.936. The van der Waals surface area contributed by atoms with Crippen molar-refractivity contribution in [3.8, 4) is 11.3 Å². The second-order valence-corrected chi connectivity index (χ2v) is 5.76. The lowest BCUT2D eigenvalue weighted by atomic mass is 9.93. The fourth-order valence-electron chi connectivity index (χ4n) is 2.98. The molecule has 1 aliphatic rings. The van der Waals surface area contributed by atoms with Gasteiger partial charge in [-0.15, -0.1) is 0 Å². The molecule has 0 aliphatic heterocycles. The predicted molar refractivity (Wildman–Crippen MR) is 83.9 cm³/mol. The highest BCUT2D eigenvalue weighted by molar-refractivity contribution is 5.58. The molecule has 21 heavy (non-hydrogen) atoms. The molecular formula is C17H23N3O. The van der Waals surface area contributed by atoms with E-state index < -0.39 is 0 Å². The van der Waals surface area contributed by atoms with Crippen molar-refractivity contribution >= 4 is 0 Å². The monoisotopic (exact) mass is 285 g/mol. The predicted octanol–water partition coefficient (Wildman–Crippen LogP) is 3.12. The number of nitrogens with zero attached hydrogens (tertiary/aromatic N) is 1. The molecule has 0 unspecified atom stereocenters. The Morgan fingerprint density at radius 2 is 1.90 bits per heavy atom. The van der Waals surface area contributed by atoms with Crippen molar-refractivity contribution in [2.24, 2.45) is 0 Å². The summed E-state index contributed by atoms with van der Waals surface area (Å²) < 4.78 is 5.41. The fraction of sp³-hybridized carbons (Fsp3) is 0.471. The van der Waals surface area contributed by atoms with Gasteiger partial charge in [0.15, 0.2) is 0 Å². The third-order valence-corrected chi connectivity index (χ3v) is 4.37. The molecule has 4 nitrogen and oxygen atoms in total. The normalized spacial score (nSPS) is 22.3. The Kier molecular flexibility index (Phi) is 4.68. The number of benzene rings is 1. The number of hydrogen-bond donors (Lipinski definition) is 2. The molecule has 1 aromatic heterocycles. The van der Waals surface area contributed by atoms with Gasteiger partial charge in [0, 0.05) is 25.9 Å². The Hall–Kier alpha value is -1.65. The van der Waals surface area contributed by atoms with E-state index in [-0.39, 0.29) is 0 Å². The zero-order chi connectivity index (χ0) is 14.5. The van der Waals surface area contributed by atoms with Gasteiger partial charge in [-0.25, -0.2) is 0 Å². The highest BCUT2D eigenvalue weighted by Gasteiger charge is 2.20. The van der Waals surface area contributed by atoms with Crippen molar-refractivity contribution in [1.82, 2.24) is 15.5 Å². The van der Waals surface area contributed by atoms with E-state index >= 15 is 0 Å². The quantitative estimate of drug-likeness (QED) is 0.887. The number of H-pyrrole nitrogens is 1. The number of ether oxygens (including phenoxy) is 1. The molecular weight excluding hydrogens is 262 g/mol. The van der Waals surface area contributed by atoms with Gasteiger partial charge >= 0.3 is 0 Å². The second kappa shape index (κ2) is 6.87. The van der Waals surface area contributed by atoms with Gasteiger partial charge in [0.2, 0.25) is 0 Å². The van der Waals surface area contributed by atoms with Crippen molar-refractivity contribution in [2.45, 2.75) is 44.4 Å². The Morgan fingerprint density at radius 1 is 1.14 bits per heavy atom. The van der Waals surface area contributed by atoms with Crippen molar-refractivity contribution < 1.29 is 4.74 Å². The number of rotatable bonds is 5. The van der Waals surface area contributed by atoms with Crippen LogP contribution in [0.25, 0.3) is 11.3 Å². The van der Waals surface area contributed by atoms with Gasteiger partial charge in [0.1, 0.15) is 0 Å². The fourth-order valence-corrected chi connectivity index (χ4v) is 2.98. The molecule has 112 valence electrons. The first-order valence-corrected chi connectivity index (χ1v) is 7.70. The molecule has 1 aliphatic carbocycles. The summed E-state index contributed by atoms with van der Waals surface area (Å²) in [5, 5.41) is 10.6. The average molecular weight is 285 g/mol. The number of methoxy groups -OCH3 is 1. The summed E-state index contributed by atoms with van der Waals surface area (Å²) in [5.74, 6) is 0. The molecule has 0 saturated heterocycles. The van der Waals surface area contributed by atoms with Crippen molar-refractivity contribution in [3.63, 3.8) is 0 Å². The minimum Gasteiger partial charge on any atom is -0.381 e. The van der Waals surface area contributed by atoms with Gasteiger partial charge in [-0.2, -0.15) is 5.10 Å². The maximum Gasteiger partial charge on any atom is 0.0650 e. The molecule has 0 atom stereocenters. The summed E-state index contributed by atoms with van der Waals surface area (Å²) in [4.78, 5) is 0. The molecule has 1 saturated carbocycles. The first-order valence-electron chi connectivity index (χ1n) is 7.70. The zero-order valence-electron chi connectivity index (χ0n) is 12.5. The van der Waals surface area contributed by atoms with E-state index in [4.69, 9.17) is 4.74 Å². The van der Waals surface area contributed by atoms with Gasteiger partial charge < -0.3 is 10.1 Å². The highest BCUT2D eigenvalue weighted by Crippen LogP contribution is 2.21. The number of nitrogens with one attached hydrogen (secondary N) is 2. The van der Waals surface area contributed by atoms with Crippen LogP contribution in [0.5, 0.6) is 0 Å². The van der Waals surface area contributed by atoms with Crippen LogP contribution in [0.1, 0.15) is 31.2 Å². The molecule has 1 fully saturated rings. The molecule has 0 amide bonds. The van der Waals surface area contributed by atoms with Crippen LogP contribution in [0.2, 0.25) is 0 Å². The van der Waals surface area contributed by atoms with Crippen LogP contribution in [-0.4, -0.2) is 29.5 Å². The summed E-state index contributed by atoms with van der Waals surface area (Å²) >= 11 is 0. The second-order valence-electron chi connectivity index (χ2n) is 5.76. The summed E-state index contributed by atoms with van der Waals surface area (Å²) in [5.41, 5.74) is 3.57. The molecule has 2 N–H and O–H groups in total. The van der Waals surface area contributed by atoms with Crippen molar-refractivity contribution in [2.75, 3.05) is 7.11 Å². The first-order chi connectivity index (χ1) is 10.3. The lowest BCUT2D eigenvalue weighted by Gasteiger charge is -2.28. The molecule has 0 radical (unpaired) electrons. The number of aromatic amines is 1. The van der Waals surface area contributed by atoms with E-state index in [0.717, 1.165) is 12.2 Å². The van der Waals surface area contributed by atoms with E-state index in [1.807, 2.05) is 13.2 Å². The van der Waals surface area contributed by atoms with Crippen LogP contribution >= 0.6 is 0 Å². The Bertz CT molecular complexity index is 528. The van der Waals surface area contributed by atoms with Crippen LogP contribution in [-0.2, 0) is 11.3 Å². The van der Waals surface area contributed by atoms with E-state index in [1.165, 1.54) is 36.8 Å². The molecule has 0 spiro atoms. The van der Waals surface area contributed by atoms with Gasteiger partial charge in [0.25, 0.3) is 0 Å². The Labute approximate surface area is 125 Å². The molecule has 3 rings (SSSR count). The maximum atomic E-state index is 5.41. The molecule has 0 bridgehead atoms. The summed E-state index contributed by atoms with van der Waals surface area (Å²) in [6.07, 6.45) is 7.02. The average Bonchev–Trinajstić information content (AvgIpc) is 3.08. The lowest BCUT2D eigenvalue weighted by molar-refractivity contribution is 0.0624. The van der Waals surface area contributed by atoms with E-state index in [9.17, 15) is 0 Å². The van der Waals surface area contributed by atoms with Crippen LogP contribution in [0.15, 0.2) is 36.5 Å². The van der Waals surface area contributed by atoms with Gasteiger partial charge in [0.05, 0.1) is 11.8 Å². The smallest absolute Gasteiger partial charge is 0.0650 e. The van der Waals surface area contributed by atoms with Crippen LogP contribution in [0.3, 0.4) is 0 Å². The topological polar surface area (TPSA) is 49.9 Å². The van der Waals surface area contributed by atoms with E-state index in [2.05, 4.69) is 39.8 Å². The Balaban J connectivity index is 1.50. The van der Waals surface area contributed by atoms with Gasteiger partial charge in [-0.3, -0.25) is 5.10 Å². The highest BCUT2D eigenvalue weighted by atomic mass is 16.5. The standard InChI is InChI=1S/C17H23N3O/c1-21-16-8-6-15(7-9-16)18-12-13-2-4-14(5-3-13)17-10-11-19-20-17/h2-5,10-11,15-16,18H,6-9,12H2,1H3,(H,19,20). The van der Waals surface area contributed by atoms with Crippen LogP contribution in [0.4, 0.5) is 0 Å². The van der Waals surface area contributed by atoms with Gasteiger partial charge in [-0.1, -0.05) is 24.3 Å². The van der Waals surface area contributed by atoms with Crippen LogP contribution < -0.4 is 5.32 Å². The summed E-state index contributed by atoms with van der Waals surface area (Å²) in [7, 11) is 1.82. The molecule has 1 aromatic carbocycles. The lowest BCUT2D eigenvalue weighted by Crippen LogP contribution is -2.34. The Morgan fingerprint density at radius 3 is 2.52 bits per heavy atom. The first kappa shape index (κ1) is 14.3. The van der Waals surface area contributed by atoms with E-state index in [0.29, 0.717) is 12.1 Å². The zero-order valence-corrected chi connectivity index (χ0v) is 12.5. The number of hydrogen-bond acceptors (Lipinski definition) is 3. The van der Waals surface area contributed by atoms with Crippen molar-refractivity contribution in [1.29, 1.82) is 0 Å². The maximum absolute atomic E-state index is 5.41. The SMILES string of the molecule is COC1CCC(NCc2ccc(-c3ccn[nH]3)cc2)CC1. The van der Waals surface area contributed by atoms with Crippen LogP contribution in [0, 0.1) is 0 Å². The largest absolute Gasteiger partial charge is 0.381 e. The summed E-state index contributed by atoms with van der Waals surface area (Å²) in [6, 6.07) is 11.3. The molecule has 4 heteroatoms.